The molecule has 2 aromatic rings. The molecule has 0 aliphatic rings. The van der Waals surface area contributed by atoms with E-state index in [1.165, 1.54) is 0 Å². The topological polar surface area (TPSA) is 78.8 Å². The van der Waals surface area contributed by atoms with Crippen molar-refractivity contribution in [1.29, 1.82) is 5.26 Å². The molecule has 2 rings (SSSR count). The third kappa shape index (κ3) is 3.50. The summed E-state index contributed by atoms with van der Waals surface area (Å²) in [6.07, 6.45) is 1.59. The van der Waals surface area contributed by atoms with Crippen LogP contribution in [0.4, 0.5) is 5.95 Å². The summed E-state index contributed by atoms with van der Waals surface area (Å²) in [6.45, 7) is 1.82. The molecule has 0 amide bonds. The SMILES string of the molecule is N#Cc1ccnc(N(CCN)Cc2ccccc2)n1. The largest absolute Gasteiger partial charge is 0.335 e. The van der Waals surface area contributed by atoms with E-state index >= 15 is 0 Å². The predicted molar refractivity (Wildman–Crippen MR) is 73.3 cm³/mol. The highest BCUT2D eigenvalue weighted by Gasteiger charge is 2.10. The van der Waals surface area contributed by atoms with E-state index < -0.39 is 0 Å². The highest BCUT2D eigenvalue weighted by molar-refractivity contribution is 5.35. The van der Waals surface area contributed by atoms with E-state index in [-0.39, 0.29) is 0 Å². The molecule has 0 fully saturated rings. The summed E-state index contributed by atoms with van der Waals surface area (Å²) in [5.41, 5.74) is 7.14. The van der Waals surface area contributed by atoms with Crippen molar-refractivity contribution in [2.24, 2.45) is 5.73 Å². The van der Waals surface area contributed by atoms with Crippen molar-refractivity contribution >= 4 is 5.95 Å². The second-order valence-electron chi connectivity index (χ2n) is 4.05. The zero-order chi connectivity index (χ0) is 13.5. The molecule has 0 saturated heterocycles. The maximum absolute atomic E-state index is 8.88. The lowest BCUT2D eigenvalue weighted by Crippen LogP contribution is -2.30. The summed E-state index contributed by atoms with van der Waals surface area (Å²) in [7, 11) is 0. The molecule has 0 saturated carbocycles. The number of hydrogen-bond donors (Lipinski definition) is 1. The van der Waals surface area contributed by atoms with Gasteiger partial charge < -0.3 is 10.6 Å². The number of aromatic nitrogens is 2. The predicted octanol–water partition coefficient (Wildman–Crippen LogP) is 1.31. The quantitative estimate of drug-likeness (QED) is 0.869. The number of rotatable bonds is 5. The molecule has 1 aromatic carbocycles. The van der Waals surface area contributed by atoms with E-state index in [1.807, 2.05) is 41.3 Å². The molecule has 1 heterocycles. The molecule has 0 bridgehead atoms. The van der Waals surface area contributed by atoms with E-state index in [9.17, 15) is 0 Å². The zero-order valence-corrected chi connectivity index (χ0v) is 10.5. The first kappa shape index (κ1) is 13.0. The van der Waals surface area contributed by atoms with Crippen molar-refractivity contribution < 1.29 is 0 Å². The second kappa shape index (κ2) is 6.47. The summed E-state index contributed by atoms with van der Waals surface area (Å²) >= 11 is 0. The molecular weight excluding hydrogens is 238 g/mol. The number of nitriles is 1. The summed E-state index contributed by atoms with van der Waals surface area (Å²) in [5.74, 6) is 0.536. The Morgan fingerprint density at radius 1 is 1.21 bits per heavy atom. The first-order valence-corrected chi connectivity index (χ1v) is 6.05. The standard InChI is InChI=1S/C14H15N5/c15-7-9-19(11-12-4-2-1-3-5-12)14-17-8-6-13(10-16)18-14/h1-6,8H,7,9,11,15H2. The van der Waals surface area contributed by atoms with Crippen LogP contribution in [0.5, 0.6) is 0 Å². The maximum Gasteiger partial charge on any atom is 0.226 e. The summed E-state index contributed by atoms with van der Waals surface area (Å²) in [4.78, 5) is 10.4. The lowest BCUT2D eigenvalue weighted by atomic mass is 10.2. The zero-order valence-electron chi connectivity index (χ0n) is 10.5. The van der Waals surface area contributed by atoms with Crippen LogP contribution in [-0.2, 0) is 6.54 Å². The Kier molecular flexibility index (Phi) is 4.43. The fraction of sp³-hybridized carbons (Fsp3) is 0.214. The van der Waals surface area contributed by atoms with E-state index in [2.05, 4.69) is 9.97 Å². The molecule has 0 unspecified atom stereocenters. The lowest BCUT2D eigenvalue weighted by molar-refractivity contribution is 0.757. The highest BCUT2D eigenvalue weighted by Crippen LogP contribution is 2.11. The molecule has 19 heavy (non-hydrogen) atoms. The molecule has 0 aliphatic heterocycles. The average Bonchev–Trinajstić information content (AvgIpc) is 2.48. The van der Waals surface area contributed by atoms with E-state index in [4.69, 9.17) is 11.0 Å². The van der Waals surface area contributed by atoms with Crippen molar-refractivity contribution in [2.75, 3.05) is 18.0 Å². The Labute approximate surface area is 112 Å². The molecular formula is C14H15N5. The van der Waals surface area contributed by atoms with Gasteiger partial charge in [0, 0.05) is 25.8 Å². The Bertz CT molecular complexity index is 562. The Balaban J connectivity index is 2.22. The average molecular weight is 253 g/mol. The minimum atomic E-state index is 0.361. The highest BCUT2D eigenvalue weighted by atomic mass is 15.2. The third-order valence-corrected chi connectivity index (χ3v) is 2.66. The number of nitrogens with two attached hydrogens (primary N) is 1. The van der Waals surface area contributed by atoms with Crippen LogP contribution >= 0.6 is 0 Å². The van der Waals surface area contributed by atoms with Crippen LogP contribution in [0.25, 0.3) is 0 Å². The Morgan fingerprint density at radius 3 is 2.68 bits per heavy atom. The van der Waals surface area contributed by atoms with Crippen LogP contribution in [0, 0.1) is 11.3 Å². The molecule has 1 aromatic heterocycles. The van der Waals surface area contributed by atoms with Crippen LogP contribution in [0.3, 0.4) is 0 Å². The monoisotopic (exact) mass is 253 g/mol. The molecule has 0 spiro atoms. The first-order chi connectivity index (χ1) is 9.33. The smallest absolute Gasteiger partial charge is 0.226 e. The minimum absolute atomic E-state index is 0.361. The van der Waals surface area contributed by atoms with Gasteiger partial charge in [-0.3, -0.25) is 0 Å². The minimum Gasteiger partial charge on any atom is -0.335 e. The number of hydrogen-bond acceptors (Lipinski definition) is 5. The van der Waals surface area contributed by atoms with Crippen LogP contribution in [-0.4, -0.2) is 23.1 Å². The molecule has 0 atom stereocenters. The fourth-order valence-corrected chi connectivity index (χ4v) is 1.77. The van der Waals surface area contributed by atoms with Crippen molar-refractivity contribution in [3.05, 3.63) is 53.9 Å². The normalized spacial score (nSPS) is 9.89. The van der Waals surface area contributed by atoms with Gasteiger partial charge in [0.1, 0.15) is 11.8 Å². The molecule has 96 valence electrons. The molecule has 2 N–H and O–H groups in total. The molecule has 5 heteroatoms. The summed E-state index contributed by atoms with van der Waals surface area (Å²) < 4.78 is 0. The molecule has 0 radical (unpaired) electrons. The van der Waals surface area contributed by atoms with E-state index in [1.54, 1.807) is 12.3 Å². The second-order valence-corrected chi connectivity index (χ2v) is 4.05. The van der Waals surface area contributed by atoms with Crippen LogP contribution < -0.4 is 10.6 Å². The molecule has 5 nitrogen and oxygen atoms in total. The lowest BCUT2D eigenvalue weighted by Gasteiger charge is -2.21. The van der Waals surface area contributed by atoms with Gasteiger partial charge in [-0.05, 0) is 11.6 Å². The Hall–Kier alpha value is -2.45. The summed E-state index contributed by atoms with van der Waals surface area (Å²) in [5, 5.41) is 8.88. The van der Waals surface area contributed by atoms with Crippen molar-refractivity contribution in [3.8, 4) is 6.07 Å². The fourth-order valence-electron chi connectivity index (χ4n) is 1.77. The Morgan fingerprint density at radius 2 is 2.00 bits per heavy atom. The van der Waals surface area contributed by atoms with Gasteiger partial charge in [0.05, 0.1) is 0 Å². The van der Waals surface area contributed by atoms with Crippen molar-refractivity contribution in [2.45, 2.75) is 6.54 Å². The molecule has 0 aliphatic carbocycles. The number of benzene rings is 1. The van der Waals surface area contributed by atoms with Gasteiger partial charge in [-0.25, -0.2) is 9.97 Å². The van der Waals surface area contributed by atoms with Gasteiger partial charge in [-0.2, -0.15) is 5.26 Å². The van der Waals surface area contributed by atoms with E-state index in [0.717, 1.165) is 5.56 Å². The van der Waals surface area contributed by atoms with Gasteiger partial charge in [0.15, 0.2) is 0 Å². The van der Waals surface area contributed by atoms with Crippen LogP contribution in [0.15, 0.2) is 42.6 Å². The third-order valence-electron chi connectivity index (χ3n) is 2.66. The van der Waals surface area contributed by atoms with Gasteiger partial charge in [-0.15, -0.1) is 0 Å². The maximum atomic E-state index is 8.88. The number of nitrogens with zero attached hydrogens (tertiary/aromatic N) is 4. The van der Waals surface area contributed by atoms with Crippen LogP contribution in [0.1, 0.15) is 11.3 Å². The van der Waals surface area contributed by atoms with Gasteiger partial charge >= 0.3 is 0 Å². The van der Waals surface area contributed by atoms with Crippen molar-refractivity contribution in [1.82, 2.24) is 9.97 Å². The number of anilines is 1. The summed E-state index contributed by atoms with van der Waals surface area (Å²) in [6, 6.07) is 13.6. The van der Waals surface area contributed by atoms with Crippen LogP contribution in [0.2, 0.25) is 0 Å². The first-order valence-electron chi connectivity index (χ1n) is 6.05. The van der Waals surface area contributed by atoms with Gasteiger partial charge in [0.25, 0.3) is 0 Å². The van der Waals surface area contributed by atoms with Crippen molar-refractivity contribution in [3.63, 3.8) is 0 Å². The van der Waals surface area contributed by atoms with Gasteiger partial charge in [0.2, 0.25) is 5.95 Å². The van der Waals surface area contributed by atoms with E-state index in [0.29, 0.717) is 31.3 Å². The van der Waals surface area contributed by atoms with Gasteiger partial charge in [-0.1, -0.05) is 30.3 Å².